The van der Waals surface area contributed by atoms with E-state index >= 15 is 0 Å². The average molecular weight is 1190 g/mol. The minimum absolute atomic E-state index is 0.409. The molecule has 0 saturated heterocycles. The molecule has 0 saturated carbocycles. The van der Waals surface area contributed by atoms with Crippen molar-refractivity contribution in [2.75, 3.05) is 83.3 Å². The lowest BCUT2D eigenvalue weighted by Gasteiger charge is -2.26. The maximum atomic E-state index is 7.19. The van der Waals surface area contributed by atoms with E-state index in [1.165, 1.54) is 0 Å². The number of fused-ring (bicyclic) bond motifs is 8. The maximum Gasteiger partial charge on any atom is 0.127 e. The van der Waals surface area contributed by atoms with E-state index in [2.05, 4.69) is 100 Å². The molecule has 464 valence electrons. The molecule has 12 nitrogen and oxygen atoms in total. The Hall–Kier alpha value is -8.64. The zero-order valence-electron chi connectivity index (χ0n) is 54.6. The highest BCUT2D eigenvalue weighted by Crippen LogP contribution is 2.49. The molecule has 0 radical (unpaired) electrons. The topological polar surface area (TPSA) is 111 Å². The quantitative estimate of drug-likeness (QED) is 0.0574. The molecule has 1 aliphatic carbocycles. The first-order chi connectivity index (χ1) is 42.7. The van der Waals surface area contributed by atoms with Crippen LogP contribution in [0.3, 0.4) is 0 Å². The highest BCUT2D eigenvalue weighted by Gasteiger charge is 2.28. The number of hydrogen-bond acceptors (Lipinski definition) is 12. The molecule has 9 rings (SSSR count). The standard InChI is InChI=1S/C76H88O12/c1-17-21-85-73-53-29-49(61-41-65(77-9)45(5)25-69(61)81-13)30-54(73)38-56-32-51(63-43-67(79-11)47(7)27-71(63)83-15)34-58(75(56)87-23-19-3)40-60-36-52(64-44-68(80-12)48(8)28-72(64)84-16)35-59(76(60)88-24-20-4)39-57-33-50(31-55(37-53)74(57)86-22-18-2)62-42-66(78-10)46(6)26-70(62)82-14/h25-36,41-44H,17-24,37-40H2,1-16H3. The van der Waals surface area contributed by atoms with Crippen LogP contribution < -0.4 is 56.8 Å². The Morgan fingerprint density at radius 3 is 0.557 bits per heavy atom. The largest absolute Gasteiger partial charge is 0.496 e. The fraction of sp³-hybridized carbons (Fsp3) is 0.368. The molecular weight excluding hydrogens is 1100 g/mol. The highest BCUT2D eigenvalue weighted by molar-refractivity contribution is 5.81. The molecule has 0 unspecified atom stereocenters. The van der Waals surface area contributed by atoms with E-state index < -0.39 is 0 Å². The Balaban J connectivity index is 1.50. The Labute approximate surface area is 521 Å². The summed E-state index contributed by atoms with van der Waals surface area (Å²) in [6.07, 6.45) is 4.77. The summed E-state index contributed by atoms with van der Waals surface area (Å²) in [5.74, 6) is 9.01. The molecule has 0 N–H and O–H groups in total. The first kappa shape index (κ1) is 63.9. The lowest BCUT2D eigenvalue weighted by atomic mass is 9.85. The summed E-state index contributed by atoms with van der Waals surface area (Å²) < 4.78 is 77.9. The average Bonchev–Trinajstić information content (AvgIpc) is 3.69. The van der Waals surface area contributed by atoms with Gasteiger partial charge >= 0.3 is 0 Å². The summed E-state index contributed by atoms with van der Waals surface area (Å²) in [5.41, 5.74) is 18.8. The van der Waals surface area contributed by atoms with Gasteiger partial charge in [-0.1, -0.05) is 27.7 Å². The normalized spacial score (nSPS) is 11.8. The van der Waals surface area contributed by atoms with Crippen molar-refractivity contribution in [2.45, 2.75) is 107 Å². The summed E-state index contributed by atoms with van der Waals surface area (Å²) in [6, 6.07) is 34.5. The van der Waals surface area contributed by atoms with Gasteiger partial charge in [0.2, 0.25) is 0 Å². The molecule has 8 bridgehead atoms. The van der Waals surface area contributed by atoms with Crippen LogP contribution in [-0.2, 0) is 25.7 Å². The van der Waals surface area contributed by atoms with E-state index in [4.69, 9.17) is 56.8 Å². The fourth-order valence-electron chi connectivity index (χ4n) is 12.2. The maximum absolute atomic E-state index is 7.19. The van der Waals surface area contributed by atoms with Crippen LogP contribution in [0, 0.1) is 27.7 Å². The molecule has 0 amide bonds. The first-order valence-corrected chi connectivity index (χ1v) is 30.8. The fourth-order valence-corrected chi connectivity index (χ4v) is 12.2. The number of hydrogen-bond donors (Lipinski definition) is 0. The van der Waals surface area contributed by atoms with Gasteiger partial charge in [-0.25, -0.2) is 0 Å². The van der Waals surface area contributed by atoms with Crippen LogP contribution in [0.4, 0.5) is 0 Å². The molecule has 8 aromatic rings. The number of benzene rings is 8. The number of rotatable bonds is 24. The number of ether oxygens (including phenoxy) is 12. The summed E-state index contributed by atoms with van der Waals surface area (Å²) in [5, 5.41) is 0. The lowest BCUT2D eigenvalue weighted by molar-refractivity contribution is 0.304. The van der Waals surface area contributed by atoms with Crippen LogP contribution in [0.2, 0.25) is 0 Å². The first-order valence-electron chi connectivity index (χ1n) is 30.8. The second-order valence-corrected chi connectivity index (χ2v) is 22.7. The minimum Gasteiger partial charge on any atom is -0.496 e. The van der Waals surface area contributed by atoms with E-state index in [0.29, 0.717) is 52.1 Å². The van der Waals surface area contributed by atoms with Crippen molar-refractivity contribution >= 4 is 0 Å². The van der Waals surface area contributed by atoms with Gasteiger partial charge in [0.15, 0.2) is 0 Å². The van der Waals surface area contributed by atoms with Crippen LogP contribution in [-0.4, -0.2) is 83.3 Å². The van der Waals surface area contributed by atoms with E-state index in [-0.39, 0.29) is 0 Å². The summed E-state index contributed by atoms with van der Waals surface area (Å²) >= 11 is 0. The number of aryl methyl sites for hydroxylation is 4. The molecule has 0 aromatic heterocycles. The van der Waals surface area contributed by atoms with Crippen LogP contribution in [0.1, 0.15) is 120 Å². The van der Waals surface area contributed by atoms with Gasteiger partial charge in [-0.05, 0) is 239 Å². The van der Waals surface area contributed by atoms with Gasteiger partial charge < -0.3 is 56.8 Å². The third kappa shape index (κ3) is 13.4. The molecule has 88 heavy (non-hydrogen) atoms. The van der Waals surface area contributed by atoms with Gasteiger partial charge in [0.25, 0.3) is 0 Å². The predicted octanol–water partition coefficient (Wildman–Crippen LogP) is 17.5. The van der Waals surface area contributed by atoms with Gasteiger partial charge in [-0.15, -0.1) is 0 Å². The molecule has 0 atom stereocenters. The minimum atomic E-state index is 0.409. The monoisotopic (exact) mass is 1190 g/mol. The van der Waals surface area contributed by atoms with Crippen molar-refractivity contribution < 1.29 is 56.8 Å². The number of methoxy groups -OCH3 is 8. The lowest BCUT2D eigenvalue weighted by Crippen LogP contribution is -2.11. The SMILES string of the molecule is CCCOc1c2cc(-c3cc(OC)c(C)cc3OC)cc1Cc1cc(-c3cc(OC)c(C)cc3OC)cc(c1OCCC)Cc1cc(-c3cc(OC)c(C)cc3OC)cc(c1OCCC)Cc1cc(-c3cc(OC)c(C)cc3OC)cc(c1OCCC)C2. The van der Waals surface area contributed by atoms with Crippen LogP contribution in [0.15, 0.2) is 97.1 Å². The molecule has 0 spiro atoms. The van der Waals surface area contributed by atoms with E-state index in [9.17, 15) is 0 Å². The van der Waals surface area contributed by atoms with Crippen LogP contribution in [0.5, 0.6) is 69.0 Å². The van der Waals surface area contributed by atoms with Gasteiger partial charge in [-0.3, -0.25) is 0 Å². The molecule has 0 aliphatic heterocycles. The summed E-state index contributed by atoms with van der Waals surface area (Å²) in [4.78, 5) is 0. The van der Waals surface area contributed by atoms with Crippen molar-refractivity contribution in [1.82, 2.24) is 0 Å². The van der Waals surface area contributed by atoms with Gasteiger partial charge in [0.05, 0.1) is 83.3 Å². The Bertz CT molecular complexity index is 3220. The Kier molecular flexibility index (Phi) is 21.0. The third-order valence-corrected chi connectivity index (χ3v) is 16.4. The van der Waals surface area contributed by atoms with Crippen LogP contribution >= 0.6 is 0 Å². The molecule has 12 heteroatoms. The van der Waals surface area contributed by atoms with Gasteiger partial charge in [-0.2, -0.15) is 0 Å². The molecule has 1 aliphatic rings. The summed E-state index contributed by atoms with van der Waals surface area (Å²) in [6.45, 7) is 18.6. The summed E-state index contributed by atoms with van der Waals surface area (Å²) in [7, 11) is 13.7. The Morgan fingerprint density at radius 1 is 0.239 bits per heavy atom. The van der Waals surface area contributed by atoms with E-state index in [1.807, 2.05) is 52.0 Å². The van der Waals surface area contributed by atoms with Crippen molar-refractivity contribution in [3.8, 4) is 114 Å². The van der Waals surface area contributed by atoms with Gasteiger partial charge in [0.1, 0.15) is 69.0 Å². The molecular formula is C76H88O12. The highest BCUT2D eigenvalue weighted by atomic mass is 16.5. The van der Waals surface area contributed by atoms with Crippen molar-refractivity contribution in [2.24, 2.45) is 0 Å². The Morgan fingerprint density at radius 2 is 0.409 bits per heavy atom. The van der Waals surface area contributed by atoms with Crippen molar-refractivity contribution in [3.63, 3.8) is 0 Å². The van der Waals surface area contributed by atoms with E-state index in [1.54, 1.807) is 56.9 Å². The molecule has 8 aromatic carbocycles. The van der Waals surface area contributed by atoms with E-state index in [0.717, 1.165) is 206 Å². The van der Waals surface area contributed by atoms with Gasteiger partial charge in [0, 0.05) is 47.9 Å². The smallest absolute Gasteiger partial charge is 0.127 e. The predicted molar refractivity (Wildman–Crippen MR) is 353 cm³/mol. The second kappa shape index (κ2) is 28.9. The third-order valence-electron chi connectivity index (χ3n) is 16.4. The zero-order valence-corrected chi connectivity index (χ0v) is 54.6. The van der Waals surface area contributed by atoms with Crippen molar-refractivity contribution in [3.05, 3.63) is 164 Å². The second-order valence-electron chi connectivity index (χ2n) is 22.7. The molecule has 0 heterocycles. The molecule has 0 fully saturated rings. The zero-order chi connectivity index (χ0) is 62.8. The van der Waals surface area contributed by atoms with Crippen LogP contribution in [0.25, 0.3) is 44.5 Å². The van der Waals surface area contributed by atoms with Crippen molar-refractivity contribution in [1.29, 1.82) is 0 Å².